The lowest BCUT2D eigenvalue weighted by Crippen LogP contribution is -2.29. The van der Waals surface area contributed by atoms with Gasteiger partial charge < -0.3 is 10.1 Å². The van der Waals surface area contributed by atoms with Gasteiger partial charge in [-0.2, -0.15) is 0 Å². The maximum atomic E-state index is 11.6. The SMILES string of the molecule is CC(=O)NC(=O)c1cnc([N+](=O)[O-])c(C)c1C. The van der Waals surface area contributed by atoms with Crippen LogP contribution in [-0.2, 0) is 4.79 Å². The van der Waals surface area contributed by atoms with E-state index < -0.39 is 16.7 Å². The third kappa shape index (κ3) is 2.63. The van der Waals surface area contributed by atoms with E-state index in [1.54, 1.807) is 6.92 Å². The highest BCUT2D eigenvalue weighted by Crippen LogP contribution is 2.20. The van der Waals surface area contributed by atoms with Crippen molar-refractivity contribution in [3.8, 4) is 0 Å². The number of hydrogen-bond acceptors (Lipinski definition) is 5. The largest absolute Gasteiger partial charge is 0.366 e. The van der Waals surface area contributed by atoms with Crippen molar-refractivity contribution in [1.82, 2.24) is 10.3 Å². The van der Waals surface area contributed by atoms with Crippen molar-refractivity contribution in [2.45, 2.75) is 20.8 Å². The zero-order chi connectivity index (χ0) is 13.2. The lowest BCUT2D eigenvalue weighted by Gasteiger charge is -2.06. The fourth-order valence-corrected chi connectivity index (χ4v) is 1.33. The van der Waals surface area contributed by atoms with Crippen LogP contribution in [0.2, 0.25) is 0 Å². The molecule has 0 radical (unpaired) electrons. The highest BCUT2D eigenvalue weighted by molar-refractivity contribution is 6.04. The molecular weight excluding hydrogens is 226 g/mol. The van der Waals surface area contributed by atoms with Gasteiger partial charge in [-0.05, 0) is 29.3 Å². The summed E-state index contributed by atoms with van der Waals surface area (Å²) in [6, 6.07) is 0. The molecule has 0 fully saturated rings. The minimum absolute atomic E-state index is 0.156. The first-order valence-electron chi connectivity index (χ1n) is 4.77. The first kappa shape index (κ1) is 12.8. The zero-order valence-electron chi connectivity index (χ0n) is 9.60. The molecule has 1 aromatic heterocycles. The number of nitro groups is 1. The number of rotatable bonds is 2. The van der Waals surface area contributed by atoms with Crippen LogP contribution in [0, 0.1) is 24.0 Å². The molecule has 0 unspecified atom stereocenters. The van der Waals surface area contributed by atoms with Crippen LogP contribution in [0.1, 0.15) is 28.4 Å². The van der Waals surface area contributed by atoms with Gasteiger partial charge in [-0.15, -0.1) is 0 Å². The van der Waals surface area contributed by atoms with Gasteiger partial charge in [-0.3, -0.25) is 14.9 Å². The van der Waals surface area contributed by atoms with Crippen LogP contribution in [0.4, 0.5) is 5.82 Å². The van der Waals surface area contributed by atoms with Gasteiger partial charge in [0, 0.05) is 6.92 Å². The van der Waals surface area contributed by atoms with Crippen molar-refractivity contribution >= 4 is 17.6 Å². The molecule has 0 spiro atoms. The van der Waals surface area contributed by atoms with Crippen LogP contribution in [0.3, 0.4) is 0 Å². The maximum absolute atomic E-state index is 11.6. The molecule has 0 bridgehead atoms. The molecule has 0 aliphatic heterocycles. The predicted molar refractivity (Wildman–Crippen MR) is 58.5 cm³/mol. The lowest BCUT2D eigenvalue weighted by molar-refractivity contribution is -0.390. The quantitative estimate of drug-likeness (QED) is 0.607. The Kier molecular flexibility index (Phi) is 3.52. The number of amides is 2. The van der Waals surface area contributed by atoms with Crippen LogP contribution in [-0.4, -0.2) is 21.7 Å². The minimum atomic E-state index is -0.616. The van der Waals surface area contributed by atoms with Crippen LogP contribution in [0.5, 0.6) is 0 Å². The van der Waals surface area contributed by atoms with Gasteiger partial charge in [0.05, 0.1) is 11.1 Å². The molecule has 0 aromatic carbocycles. The second-order valence-electron chi connectivity index (χ2n) is 3.51. The molecule has 7 nitrogen and oxygen atoms in total. The van der Waals surface area contributed by atoms with E-state index in [-0.39, 0.29) is 11.4 Å². The molecule has 0 atom stereocenters. The Balaban J connectivity index is 3.21. The van der Waals surface area contributed by atoms with E-state index in [1.165, 1.54) is 13.8 Å². The maximum Gasteiger partial charge on any atom is 0.366 e. The molecule has 0 saturated carbocycles. The smallest absolute Gasteiger partial charge is 0.358 e. The van der Waals surface area contributed by atoms with Gasteiger partial charge in [-0.1, -0.05) is 0 Å². The Morgan fingerprint density at radius 2 is 1.94 bits per heavy atom. The minimum Gasteiger partial charge on any atom is -0.358 e. The molecule has 0 aliphatic carbocycles. The second-order valence-corrected chi connectivity index (χ2v) is 3.51. The number of carbonyl (C=O) groups excluding carboxylic acids is 2. The van der Waals surface area contributed by atoms with Crippen LogP contribution < -0.4 is 5.32 Å². The van der Waals surface area contributed by atoms with Gasteiger partial charge in [0.2, 0.25) is 5.91 Å². The number of carbonyl (C=O) groups is 2. The number of hydrogen-bond donors (Lipinski definition) is 1. The van der Waals surface area contributed by atoms with Crippen molar-refractivity contribution in [3.05, 3.63) is 33.0 Å². The molecule has 0 saturated heterocycles. The third-order valence-corrected chi connectivity index (χ3v) is 2.32. The topological polar surface area (TPSA) is 102 Å². The molecule has 7 heteroatoms. The summed E-state index contributed by atoms with van der Waals surface area (Å²) in [5.74, 6) is -1.40. The fourth-order valence-electron chi connectivity index (χ4n) is 1.33. The van der Waals surface area contributed by atoms with E-state index in [4.69, 9.17) is 0 Å². The number of pyridine rings is 1. The summed E-state index contributed by atoms with van der Waals surface area (Å²) >= 11 is 0. The average molecular weight is 237 g/mol. The number of nitrogens with zero attached hydrogens (tertiary/aromatic N) is 2. The first-order valence-corrected chi connectivity index (χ1v) is 4.77. The van der Waals surface area contributed by atoms with Gasteiger partial charge in [-0.25, -0.2) is 0 Å². The van der Waals surface area contributed by atoms with E-state index in [0.29, 0.717) is 11.1 Å². The molecule has 1 N–H and O–H groups in total. The Labute approximate surface area is 97.0 Å². The molecule has 1 aromatic rings. The summed E-state index contributed by atoms with van der Waals surface area (Å²) in [6.07, 6.45) is 1.10. The van der Waals surface area contributed by atoms with Gasteiger partial charge >= 0.3 is 5.82 Å². The van der Waals surface area contributed by atoms with Gasteiger partial charge in [0.25, 0.3) is 5.91 Å². The number of imide groups is 1. The highest BCUT2D eigenvalue weighted by Gasteiger charge is 2.21. The zero-order valence-corrected chi connectivity index (χ0v) is 9.60. The second kappa shape index (κ2) is 4.69. The van der Waals surface area contributed by atoms with Gasteiger partial charge in [0.1, 0.15) is 0 Å². The summed E-state index contributed by atoms with van der Waals surface area (Å²) in [5, 5.41) is 12.7. The normalized spacial score (nSPS) is 9.82. The van der Waals surface area contributed by atoms with Crippen LogP contribution in [0.25, 0.3) is 0 Å². The van der Waals surface area contributed by atoms with E-state index in [2.05, 4.69) is 10.3 Å². The van der Waals surface area contributed by atoms with Crippen molar-refractivity contribution < 1.29 is 14.5 Å². The highest BCUT2D eigenvalue weighted by atomic mass is 16.6. The predicted octanol–water partition coefficient (Wildman–Crippen LogP) is 0.883. The number of aromatic nitrogens is 1. The van der Waals surface area contributed by atoms with Crippen molar-refractivity contribution in [1.29, 1.82) is 0 Å². The summed E-state index contributed by atoms with van der Waals surface area (Å²) in [6.45, 7) is 4.28. The average Bonchev–Trinajstić information content (AvgIpc) is 2.20. The monoisotopic (exact) mass is 237 g/mol. The Morgan fingerprint density at radius 1 is 1.35 bits per heavy atom. The summed E-state index contributed by atoms with van der Waals surface area (Å²) in [4.78, 5) is 35.9. The molecule has 0 aliphatic rings. The van der Waals surface area contributed by atoms with E-state index in [0.717, 1.165) is 6.20 Å². The molecule has 1 rings (SSSR count). The lowest BCUT2D eigenvalue weighted by atomic mass is 10.1. The Bertz CT molecular complexity index is 511. The van der Waals surface area contributed by atoms with Crippen molar-refractivity contribution in [2.24, 2.45) is 0 Å². The van der Waals surface area contributed by atoms with Crippen LogP contribution in [0.15, 0.2) is 6.20 Å². The van der Waals surface area contributed by atoms with Crippen molar-refractivity contribution in [3.63, 3.8) is 0 Å². The van der Waals surface area contributed by atoms with Crippen molar-refractivity contribution in [2.75, 3.05) is 0 Å². The van der Waals surface area contributed by atoms with E-state index in [1.807, 2.05) is 0 Å². The van der Waals surface area contributed by atoms with E-state index in [9.17, 15) is 19.7 Å². The molecule has 2 amide bonds. The molecule has 17 heavy (non-hydrogen) atoms. The van der Waals surface area contributed by atoms with Crippen LogP contribution >= 0.6 is 0 Å². The summed E-state index contributed by atoms with van der Waals surface area (Å²) < 4.78 is 0. The van der Waals surface area contributed by atoms with Gasteiger partial charge in [0.15, 0.2) is 6.20 Å². The number of nitrogens with one attached hydrogen (secondary N) is 1. The third-order valence-electron chi connectivity index (χ3n) is 2.32. The first-order chi connectivity index (χ1) is 7.84. The molecular formula is C10H11N3O4. The molecule has 1 heterocycles. The Morgan fingerprint density at radius 3 is 2.41 bits per heavy atom. The summed E-state index contributed by atoms with van der Waals surface area (Å²) in [7, 11) is 0. The summed E-state index contributed by atoms with van der Waals surface area (Å²) in [5.41, 5.74) is 0.903. The fraction of sp³-hybridized carbons (Fsp3) is 0.300. The van der Waals surface area contributed by atoms with E-state index >= 15 is 0 Å². The standard InChI is InChI=1S/C10H11N3O4/c1-5-6(2)9(13(16)17)11-4-8(5)10(15)12-7(3)14/h4H,1-3H3,(H,12,14,15). The molecule has 90 valence electrons. The Hall–Kier alpha value is -2.31.